The van der Waals surface area contributed by atoms with Crippen molar-refractivity contribution >= 4 is 23.1 Å². The molecule has 122 valence electrons. The van der Waals surface area contributed by atoms with Gasteiger partial charge in [0, 0.05) is 22.8 Å². The average molecular weight is 335 g/mol. The zero-order valence-corrected chi connectivity index (χ0v) is 14.2. The van der Waals surface area contributed by atoms with Crippen LogP contribution < -0.4 is 5.32 Å². The maximum absolute atomic E-state index is 13.6. The number of benzene rings is 2. The molecule has 0 spiro atoms. The fourth-order valence-corrected chi connectivity index (χ4v) is 2.52. The average Bonchev–Trinajstić information content (AvgIpc) is 2.48. The summed E-state index contributed by atoms with van der Waals surface area (Å²) < 4.78 is 13.6. The first-order valence-corrected chi connectivity index (χ1v) is 7.72. The third-order valence-corrected chi connectivity index (χ3v) is 3.93. The van der Waals surface area contributed by atoms with Crippen LogP contribution in [0.25, 0.3) is 0 Å². The SMILES string of the molecule is CC(=O)c1cc(F)cc(NCC(c2ccc(Cl)cc2)N(C)C)c1. The molecule has 0 aromatic heterocycles. The second-order valence-corrected chi connectivity index (χ2v) is 6.13. The van der Waals surface area contributed by atoms with Crippen LogP contribution in [0, 0.1) is 5.82 Å². The number of hydrogen-bond donors (Lipinski definition) is 1. The molecule has 0 amide bonds. The van der Waals surface area contributed by atoms with Gasteiger partial charge >= 0.3 is 0 Å². The molecular formula is C18H20ClFN2O. The molecule has 0 saturated carbocycles. The lowest BCUT2D eigenvalue weighted by molar-refractivity contribution is 0.101. The number of Topliss-reactive ketones (excluding diaryl/α,β-unsaturated/α-hetero) is 1. The molecule has 0 aliphatic heterocycles. The van der Waals surface area contributed by atoms with E-state index in [0.717, 1.165) is 5.56 Å². The quantitative estimate of drug-likeness (QED) is 0.795. The second-order valence-electron chi connectivity index (χ2n) is 5.70. The van der Waals surface area contributed by atoms with E-state index in [4.69, 9.17) is 11.6 Å². The highest BCUT2D eigenvalue weighted by Gasteiger charge is 2.14. The molecule has 0 fully saturated rings. The zero-order valence-electron chi connectivity index (χ0n) is 13.4. The number of carbonyl (C=O) groups excluding carboxylic acids is 1. The summed E-state index contributed by atoms with van der Waals surface area (Å²) in [5.41, 5.74) is 2.06. The topological polar surface area (TPSA) is 32.3 Å². The maximum Gasteiger partial charge on any atom is 0.159 e. The van der Waals surface area contributed by atoms with Gasteiger partial charge in [0.25, 0.3) is 0 Å². The van der Waals surface area contributed by atoms with Crippen molar-refractivity contribution < 1.29 is 9.18 Å². The fraction of sp³-hybridized carbons (Fsp3) is 0.278. The van der Waals surface area contributed by atoms with Gasteiger partial charge in [-0.1, -0.05) is 23.7 Å². The van der Waals surface area contributed by atoms with Gasteiger partial charge in [-0.2, -0.15) is 0 Å². The second kappa shape index (κ2) is 7.57. The predicted molar refractivity (Wildman–Crippen MR) is 92.8 cm³/mol. The summed E-state index contributed by atoms with van der Waals surface area (Å²) in [6.45, 7) is 2.00. The van der Waals surface area contributed by atoms with Crippen molar-refractivity contribution in [3.63, 3.8) is 0 Å². The van der Waals surface area contributed by atoms with Crippen molar-refractivity contribution in [2.75, 3.05) is 26.0 Å². The van der Waals surface area contributed by atoms with Crippen molar-refractivity contribution in [1.29, 1.82) is 0 Å². The highest BCUT2D eigenvalue weighted by Crippen LogP contribution is 2.22. The molecule has 0 heterocycles. The Hall–Kier alpha value is -1.91. The number of carbonyl (C=O) groups is 1. The number of nitrogens with one attached hydrogen (secondary N) is 1. The van der Waals surface area contributed by atoms with E-state index < -0.39 is 5.82 Å². The molecule has 2 rings (SSSR count). The van der Waals surface area contributed by atoms with E-state index in [0.29, 0.717) is 22.8 Å². The largest absolute Gasteiger partial charge is 0.383 e. The van der Waals surface area contributed by atoms with Crippen molar-refractivity contribution in [1.82, 2.24) is 4.90 Å². The van der Waals surface area contributed by atoms with Crippen molar-refractivity contribution in [2.24, 2.45) is 0 Å². The monoisotopic (exact) mass is 334 g/mol. The first-order valence-electron chi connectivity index (χ1n) is 7.34. The van der Waals surface area contributed by atoms with Gasteiger partial charge in [0.15, 0.2) is 5.78 Å². The number of rotatable bonds is 6. The van der Waals surface area contributed by atoms with Crippen LogP contribution in [0.5, 0.6) is 0 Å². The minimum absolute atomic E-state index is 0.0938. The van der Waals surface area contributed by atoms with Gasteiger partial charge in [-0.05, 0) is 56.9 Å². The number of likely N-dealkylation sites (N-methyl/N-ethyl adjacent to an activating group) is 1. The molecule has 3 nitrogen and oxygen atoms in total. The molecule has 0 radical (unpaired) electrons. The van der Waals surface area contributed by atoms with Crippen LogP contribution in [0.2, 0.25) is 5.02 Å². The Morgan fingerprint density at radius 3 is 2.43 bits per heavy atom. The van der Waals surface area contributed by atoms with Crippen molar-refractivity contribution in [3.05, 3.63) is 64.4 Å². The molecule has 0 aliphatic carbocycles. The van der Waals surface area contributed by atoms with Gasteiger partial charge in [0.2, 0.25) is 0 Å². The molecular weight excluding hydrogens is 315 g/mol. The number of anilines is 1. The lowest BCUT2D eigenvalue weighted by Crippen LogP contribution is -2.26. The highest BCUT2D eigenvalue weighted by molar-refractivity contribution is 6.30. The van der Waals surface area contributed by atoms with Gasteiger partial charge < -0.3 is 10.2 Å². The molecule has 5 heteroatoms. The molecule has 0 aliphatic rings. The Labute approximate surface area is 141 Å². The third kappa shape index (κ3) is 4.78. The van der Waals surface area contributed by atoms with Gasteiger partial charge in [-0.3, -0.25) is 4.79 Å². The molecule has 0 saturated heterocycles. The smallest absolute Gasteiger partial charge is 0.159 e. The van der Waals surface area contributed by atoms with Crippen LogP contribution in [0.1, 0.15) is 28.9 Å². The minimum Gasteiger partial charge on any atom is -0.383 e. The Bertz CT molecular complexity index is 686. The predicted octanol–water partition coefficient (Wildman–Crippen LogP) is 4.40. The Morgan fingerprint density at radius 1 is 1.22 bits per heavy atom. The van der Waals surface area contributed by atoms with Gasteiger partial charge in [-0.15, -0.1) is 0 Å². The number of hydrogen-bond acceptors (Lipinski definition) is 3. The number of nitrogens with zero attached hydrogens (tertiary/aromatic N) is 1. The number of halogens is 2. The van der Waals surface area contributed by atoms with E-state index in [1.165, 1.54) is 19.1 Å². The Kier molecular flexibility index (Phi) is 5.74. The molecule has 1 atom stereocenters. The standard InChI is InChI=1S/C18H20ClFN2O/c1-12(23)14-8-16(20)10-17(9-14)21-11-18(22(2)3)13-4-6-15(19)7-5-13/h4-10,18,21H,11H2,1-3H3. The summed E-state index contributed by atoms with van der Waals surface area (Å²) in [4.78, 5) is 13.5. The van der Waals surface area contributed by atoms with Crippen LogP contribution in [0.15, 0.2) is 42.5 Å². The summed E-state index contributed by atoms with van der Waals surface area (Å²) in [5, 5.41) is 3.90. The zero-order chi connectivity index (χ0) is 17.0. The molecule has 0 bridgehead atoms. The summed E-state index contributed by atoms with van der Waals surface area (Å²) in [5.74, 6) is -0.581. The number of ketones is 1. The van der Waals surface area contributed by atoms with E-state index in [1.54, 1.807) is 6.07 Å². The third-order valence-electron chi connectivity index (χ3n) is 3.68. The summed E-state index contributed by atoms with van der Waals surface area (Å²) >= 11 is 5.93. The van der Waals surface area contributed by atoms with E-state index in [1.807, 2.05) is 38.4 Å². The van der Waals surface area contributed by atoms with Gasteiger partial charge in [0.1, 0.15) is 5.82 Å². The Morgan fingerprint density at radius 2 is 1.87 bits per heavy atom. The van der Waals surface area contributed by atoms with E-state index in [9.17, 15) is 9.18 Å². The van der Waals surface area contributed by atoms with Gasteiger partial charge in [0.05, 0.1) is 6.04 Å². The maximum atomic E-state index is 13.6. The molecule has 2 aromatic rings. The van der Waals surface area contributed by atoms with E-state index in [-0.39, 0.29) is 11.8 Å². The fourth-order valence-electron chi connectivity index (χ4n) is 2.39. The van der Waals surface area contributed by atoms with E-state index in [2.05, 4.69) is 10.2 Å². The van der Waals surface area contributed by atoms with E-state index >= 15 is 0 Å². The van der Waals surface area contributed by atoms with Crippen LogP contribution in [-0.2, 0) is 0 Å². The molecule has 2 aromatic carbocycles. The summed E-state index contributed by atoms with van der Waals surface area (Å²) in [6, 6.07) is 12.0. The molecule has 1 N–H and O–H groups in total. The first-order chi connectivity index (χ1) is 10.9. The van der Waals surface area contributed by atoms with Crippen molar-refractivity contribution in [2.45, 2.75) is 13.0 Å². The first kappa shape index (κ1) is 17.4. The van der Waals surface area contributed by atoms with Crippen LogP contribution >= 0.6 is 11.6 Å². The van der Waals surface area contributed by atoms with Crippen LogP contribution in [-0.4, -0.2) is 31.3 Å². The molecule has 23 heavy (non-hydrogen) atoms. The highest BCUT2D eigenvalue weighted by atomic mass is 35.5. The summed E-state index contributed by atoms with van der Waals surface area (Å²) in [6.07, 6.45) is 0. The molecule has 1 unspecified atom stereocenters. The van der Waals surface area contributed by atoms with Crippen LogP contribution in [0.4, 0.5) is 10.1 Å². The summed E-state index contributed by atoms with van der Waals surface area (Å²) in [7, 11) is 3.96. The normalized spacial score (nSPS) is 12.3. The van der Waals surface area contributed by atoms with Crippen LogP contribution in [0.3, 0.4) is 0 Å². The lowest BCUT2D eigenvalue weighted by atomic mass is 10.1. The minimum atomic E-state index is -0.423. The van der Waals surface area contributed by atoms with Gasteiger partial charge in [-0.25, -0.2) is 4.39 Å². The van der Waals surface area contributed by atoms with Crippen molar-refractivity contribution in [3.8, 4) is 0 Å². The Balaban J connectivity index is 2.16. The lowest BCUT2D eigenvalue weighted by Gasteiger charge is -2.25.